The summed E-state index contributed by atoms with van der Waals surface area (Å²) in [7, 11) is 0. The molecule has 0 heterocycles. The smallest absolute Gasteiger partial charge is 0.306 e. The molecule has 1 atom stereocenters. The van der Waals surface area contributed by atoms with E-state index in [1.807, 2.05) is 0 Å². The van der Waals surface area contributed by atoms with Gasteiger partial charge in [0.05, 0.1) is 0 Å². The van der Waals surface area contributed by atoms with Crippen molar-refractivity contribution < 1.29 is 28.6 Å². The van der Waals surface area contributed by atoms with Gasteiger partial charge in [0.2, 0.25) is 0 Å². The Morgan fingerprint density at radius 1 is 0.318 bits per heavy atom. The average molecular weight is 921 g/mol. The third-order valence-electron chi connectivity index (χ3n) is 12.0. The summed E-state index contributed by atoms with van der Waals surface area (Å²) >= 11 is 0. The lowest BCUT2D eigenvalue weighted by molar-refractivity contribution is -0.167. The molecule has 0 aliphatic carbocycles. The van der Waals surface area contributed by atoms with Crippen molar-refractivity contribution in [2.75, 3.05) is 13.2 Å². The van der Waals surface area contributed by atoms with Gasteiger partial charge in [-0.25, -0.2) is 0 Å². The van der Waals surface area contributed by atoms with Crippen LogP contribution in [0.2, 0.25) is 0 Å². The SMILES string of the molecule is CC/C=C\C/C=C\C/C=C\C/C=C\C/C=C\C/C=C\CCCCCCCCC(=O)OCC(COC(=O)CCCCCCCCCC)OC(=O)CCCCCCCCCCCCCCCCC. The molecule has 0 N–H and O–H groups in total. The summed E-state index contributed by atoms with van der Waals surface area (Å²) in [4.78, 5) is 37.9. The Kier molecular flexibility index (Phi) is 51.9. The minimum absolute atomic E-state index is 0.0771. The Bertz CT molecular complexity index is 1240. The first kappa shape index (κ1) is 62.8. The summed E-state index contributed by atoms with van der Waals surface area (Å²) in [5, 5.41) is 0. The normalized spacial score (nSPS) is 12.6. The summed E-state index contributed by atoms with van der Waals surface area (Å²) in [6.07, 6.45) is 69.0. The van der Waals surface area contributed by atoms with Gasteiger partial charge in [0.1, 0.15) is 13.2 Å². The molecule has 6 nitrogen and oxygen atoms in total. The van der Waals surface area contributed by atoms with E-state index in [9.17, 15) is 14.4 Å². The summed E-state index contributed by atoms with van der Waals surface area (Å²) < 4.78 is 16.8. The molecule has 0 aromatic heterocycles. The van der Waals surface area contributed by atoms with Crippen molar-refractivity contribution in [3.8, 4) is 0 Å². The lowest BCUT2D eigenvalue weighted by atomic mass is 10.0. The molecule has 0 bridgehead atoms. The highest BCUT2D eigenvalue weighted by molar-refractivity contribution is 5.71. The Morgan fingerprint density at radius 2 is 0.591 bits per heavy atom. The summed E-state index contributed by atoms with van der Waals surface area (Å²) in [6, 6.07) is 0. The molecule has 66 heavy (non-hydrogen) atoms. The van der Waals surface area contributed by atoms with E-state index in [1.165, 1.54) is 128 Å². The van der Waals surface area contributed by atoms with Gasteiger partial charge in [-0.2, -0.15) is 0 Å². The van der Waals surface area contributed by atoms with E-state index in [2.05, 4.69) is 93.7 Å². The minimum atomic E-state index is -0.776. The van der Waals surface area contributed by atoms with Gasteiger partial charge >= 0.3 is 17.9 Å². The van der Waals surface area contributed by atoms with Crippen molar-refractivity contribution >= 4 is 17.9 Å². The minimum Gasteiger partial charge on any atom is -0.462 e. The van der Waals surface area contributed by atoms with E-state index in [0.29, 0.717) is 19.3 Å². The first-order valence-electron chi connectivity index (χ1n) is 27.9. The molecule has 0 spiro atoms. The zero-order chi connectivity index (χ0) is 47.9. The molecule has 0 saturated carbocycles. The van der Waals surface area contributed by atoms with Crippen LogP contribution in [0, 0.1) is 0 Å². The average Bonchev–Trinajstić information content (AvgIpc) is 3.31. The van der Waals surface area contributed by atoms with Gasteiger partial charge in [-0.15, -0.1) is 0 Å². The van der Waals surface area contributed by atoms with Gasteiger partial charge in [-0.1, -0.05) is 254 Å². The Hall–Kier alpha value is -3.15. The molecular formula is C60H104O6. The topological polar surface area (TPSA) is 78.9 Å². The number of carbonyl (C=O) groups is 3. The lowest BCUT2D eigenvalue weighted by Crippen LogP contribution is -2.30. The molecule has 0 aliphatic heterocycles. The predicted molar refractivity (Wildman–Crippen MR) is 284 cm³/mol. The van der Waals surface area contributed by atoms with Crippen LogP contribution in [0.5, 0.6) is 0 Å². The molecule has 6 heteroatoms. The number of unbranched alkanes of at least 4 members (excludes halogenated alkanes) is 27. The number of allylic oxidation sites excluding steroid dienone is 12. The second kappa shape index (κ2) is 54.5. The van der Waals surface area contributed by atoms with E-state index in [4.69, 9.17) is 14.2 Å². The first-order chi connectivity index (χ1) is 32.5. The fraction of sp³-hybridized carbons (Fsp3) is 0.750. The number of ether oxygens (including phenoxy) is 3. The molecule has 0 aromatic rings. The van der Waals surface area contributed by atoms with Gasteiger partial charge in [0.25, 0.3) is 0 Å². The molecule has 0 rings (SSSR count). The molecule has 0 fully saturated rings. The van der Waals surface area contributed by atoms with Crippen molar-refractivity contribution in [2.24, 2.45) is 0 Å². The standard InChI is InChI=1S/C60H104O6/c1-4-7-10-13-16-19-21-23-25-26-27-28-29-30-31-32-33-34-36-37-39-41-44-47-50-53-59(62)65-56-57(55-64-58(61)52-49-46-43-18-15-12-9-6-3)66-60(63)54-51-48-45-42-40-38-35-24-22-20-17-14-11-8-5-2/h7,10,16,19,23,25,27-28,30-31,33-34,57H,4-6,8-9,11-15,17-18,20-22,24,26,29,32,35-56H2,1-3H3/b10-7-,19-16-,25-23-,28-27-,31-30-,34-33-. The zero-order valence-corrected chi connectivity index (χ0v) is 43.4. The molecule has 0 aliphatic rings. The van der Waals surface area contributed by atoms with E-state index in [1.54, 1.807) is 0 Å². The second-order valence-corrected chi connectivity index (χ2v) is 18.5. The molecule has 380 valence electrons. The maximum atomic E-state index is 12.8. The second-order valence-electron chi connectivity index (χ2n) is 18.5. The Balaban J connectivity index is 4.25. The van der Waals surface area contributed by atoms with E-state index in [0.717, 1.165) is 103 Å². The van der Waals surface area contributed by atoms with Gasteiger partial charge in [-0.05, 0) is 70.6 Å². The molecular weight excluding hydrogens is 817 g/mol. The van der Waals surface area contributed by atoms with Crippen LogP contribution in [-0.2, 0) is 28.6 Å². The van der Waals surface area contributed by atoms with Crippen LogP contribution in [0.4, 0.5) is 0 Å². The van der Waals surface area contributed by atoms with E-state index < -0.39 is 6.10 Å². The molecule has 0 amide bonds. The third kappa shape index (κ3) is 51.8. The third-order valence-corrected chi connectivity index (χ3v) is 12.0. The fourth-order valence-corrected chi connectivity index (χ4v) is 7.80. The predicted octanol–water partition coefficient (Wildman–Crippen LogP) is 18.6. The maximum absolute atomic E-state index is 12.8. The van der Waals surface area contributed by atoms with Gasteiger partial charge < -0.3 is 14.2 Å². The lowest BCUT2D eigenvalue weighted by Gasteiger charge is -2.18. The monoisotopic (exact) mass is 921 g/mol. The Morgan fingerprint density at radius 3 is 0.924 bits per heavy atom. The quantitative estimate of drug-likeness (QED) is 0.0262. The van der Waals surface area contributed by atoms with E-state index in [-0.39, 0.29) is 31.1 Å². The van der Waals surface area contributed by atoms with Crippen molar-refractivity contribution in [1.29, 1.82) is 0 Å². The van der Waals surface area contributed by atoms with Gasteiger partial charge in [0.15, 0.2) is 6.10 Å². The van der Waals surface area contributed by atoms with Gasteiger partial charge in [0, 0.05) is 19.3 Å². The number of esters is 3. The van der Waals surface area contributed by atoms with Crippen LogP contribution in [0.15, 0.2) is 72.9 Å². The number of carbonyl (C=O) groups excluding carboxylic acids is 3. The Labute approximate surface area is 408 Å². The number of rotatable bonds is 50. The highest BCUT2D eigenvalue weighted by Gasteiger charge is 2.19. The molecule has 1 unspecified atom stereocenters. The van der Waals surface area contributed by atoms with Crippen LogP contribution < -0.4 is 0 Å². The van der Waals surface area contributed by atoms with Crippen molar-refractivity contribution in [2.45, 2.75) is 277 Å². The fourth-order valence-electron chi connectivity index (χ4n) is 7.80. The first-order valence-corrected chi connectivity index (χ1v) is 27.9. The molecule has 0 aromatic carbocycles. The molecule has 0 radical (unpaired) electrons. The summed E-state index contributed by atoms with van der Waals surface area (Å²) in [5.74, 6) is -0.889. The summed E-state index contributed by atoms with van der Waals surface area (Å²) in [6.45, 7) is 6.50. The zero-order valence-electron chi connectivity index (χ0n) is 43.4. The van der Waals surface area contributed by atoms with Crippen molar-refractivity contribution in [3.05, 3.63) is 72.9 Å². The van der Waals surface area contributed by atoms with Crippen LogP contribution >= 0.6 is 0 Å². The number of hydrogen-bond donors (Lipinski definition) is 0. The van der Waals surface area contributed by atoms with Crippen LogP contribution in [0.1, 0.15) is 271 Å². The van der Waals surface area contributed by atoms with Crippen LogP contribution in [0.25, 0.3) is 0 Å². The molecule has 0 saturated heterocycles. The van der Waals surface area contributed by atoms with Crippen LogP contribution in [-0.4, -0.2) is 37.2 Å². The van der Waals surface area contributed by atoms with Crippen molar-refractivity contribution in [1.82, 2.24) is 0 Å². The maximum Gasteiger partial charge on any atom is 0.306 e. The van der Waals surface area contributed by atoms with Crippen molar-refractivity contribution in [3.63, 3.8) is 0 Å². The highest BCUT2D eigenvalue weighted by Crippen LogP contribution is 2.16. The largest absolute Gasteiger partial charge is 0.462 e. The van der Waals surface area contributed by atoms with E-state index >= 15 is 0 Å². The highest BCUT2D eigenvalue weighted by atomic mass is 16.6. The van der Waals surface area contributed by atoms with Crippen LogP contribution in [0.3, 0.4) is 0 Å². The van der Waals surface area contributed by atoms with Gasteiger partial charge in [-0.3, -0.25) is 14.4 Å². The summed E-state index contributed by atoms with van der Waals surface area (Å²) in [5.41, 5.74) is 0. The number of hydrogen-bond acceptors (Lipinski definition) is 6.